The minimum absolute atomic E-state index is 0.00932. The topological polar surface area (TPSA) is 108 Å². The fraction of sp³-hybridized carbons (Fsp3) is 0.379. The van der Waals surface area contributed by atoms with Gasteiger partial charge in [-0.3, -0.25) is 24.1 Å². The summed E-state index contributed by atoms with van der Waals surface area (Å²) in [5, 5.41) is 10.1. The molecule has 1 saturated heterocycles. The van der Waals surface area contributed by atoms with Crippen molar-refractivity contribution in [3.05, 3.63) is 74.7 Å². The van der Waals surface area contributed by atoms with Gasteiger partial charge in [-0.15, -0.1) is 11.8 Å². The summed E-state index contributed by atoms with van der Waals surface area (Å²) >= 11 is 2.94. The van der Waals surface area contributed by atoms with E-state index in [1.807, 2.05) is 18.2 Å². The molecule has 1 aromatic heterocycles. The second kappa shape index (κ2) is 8.95. The van der Waals surface area contributed by atoms with Gasteiger partial charge in [-0.1, -0.05) is 65.9 Å². The lowest BCUT2D eigenvalue weighted by molar-refractivity contribution is -0.142. The number of hydrogen-bond donors (Lipinski definition) is 2. The highest BCUT2D eigenvalue weighted by Gasteiger charge is 2.69. The number of H-pyrrole nitrogens is 1. The number of carbonyl (C=O) groups is 3. The number of carboxylic acid groups (broad SMARTS) is 1. The summed E-state index contributed by atoms with van der Waals surface area (Å²) in [7, 11) is 0. The van der Waals surface area contributed by atoms with E-state index in [-0.39, 0.29) is 76.8 Å². The van der Waals surface area contributed by atoms with Gasteiger partial charge in [-0.05, 0) is 47.3 Å². The molecule has 2 aromatic carbocycles. The van der Waals surface area contributed by atoms with E-state index in [0.717, 1.165) is 33.0 Å². The molecule has 7 nitrogen and oxygen atoms in total. The van der Waals surface area contributed by atoms with Crippen LogP contribution in [0.4, 0.5) is 0 Å². The number of imide groups is 1. The number of likely N-dealkylation sites (tertiary alicyclic amines) is 1. The summed E-state index contributed by atoms with van der Waals surface area (Å²) in [4.78, 5) is 55.7. The van der Waals surface area contributed by atoms with Crippen LogP contribution < -0.4 is 4.87 Å². The Kier molecular flexibility index (Phi) is 5.63. The number of thiazole rings is 1. The highest BCUT2D eigenvalue weighted by atomic mass is 32.2. The van der Waals surface area contributed by atoms with Crippen LogP contribution in [0.25, 0.3) is 11.1 Å². The lowest BCUT2D eigenvalue weighted by Gasteiger charge is -2.43. The first kappa shape index (κ1) is 23.9. The summed E-state index contributed by atoms with van der Waals surface area (Å²) in [6, 6.07) is 18.8. The van der Waals surface area contributed by atoms with Gasteiger partial charge in [0.1, 0.15) is 0 Å². The fourth-order valence-electron chi connectivity index (χ4n) is 7.57. The third-order valence-corrected chi connectivity index (χ3v) is 11.6. The summed E-state index contributed by atoms with van der Waals surface area (Å²) < 4.78 is 0. The number of carbonyl (C=O) groups excluding carboxylic acids is 2. The molecule has 6 unspecified atom stereocenters. The van der Waals surface area contributed by atoms with Crippen LogP contribution >= 0.6 is 23.1 Å². The number of rotatable bonds is 6. The monoisotopic (exact) mass is 546 g/mol. The predicted octanol–water partition coefficient (Wildman–Crippen LogP) is 4.44. The number of nitrogens with one attached hydrogen (secondary N) is 1. The molecule has 2 bridgehead atoms. The first-order chi connectivity index (χ1) is 18.4. The molecule has 38 heavy (non-hydrogen) atoms. The minimum Gasteiger partial charge on any atom is -0.481 e. The normalized spacial score (nSPS) is 30.8. The summed E-state index contributed by atoms with van der Waals surface area (Å²) in [5.41, 5.74) is 3.40. The molecule has 2 saturated carbocycles. The minimum atomic E-state index is -0.923. The lowest BCUT2D eigenvalue weighted by atomic mass is 9.68. The van der Waals surface area contributed by atoms with Crippen LogP contribution in [0.3, 0.4) is 0 Å². The maximum atomic E-state index is 13.5. The zero-order chi connectivity index (χ0) is 26.1. The number of hydrogen-bond acceptors (Lipinski definition) is 6. The van der Waals surface area contributed by atoms with Gasteiger partial charge in [-0.25, -0.2) is 0 Å². The van der Waals surface area contributed by atoms with Crippen molar-refractivity contribution >= 4 is 40.9 Å². The van der Waals surface area contributed by atoms with Gasteiger partial charge < -0.3 is 10.1 Å². The molecule has 4 aliphatic rings. The number of carboxylic acids is 1. The lowest BCUT2D eigenvalue weighted by Crippen LogP contribution is -2.42. The SMILES string of the molecule is O=C(O)CCCN1C(=O)C2C3CC(C2C1=O)C1C3Sc2[nH]c(=O)sc2[C@@H]1c1ccc(-c2ccccc2)cc1. The van der Waals surface area contributed by atoms with Crippen molar-refractivity contribution in [3.8, 4) is 11.1 Å². The van der Waals surface area contributed by atoms with E-state index in [9.17, 15) is 19.2 Å². The van der Waals surface area contributed by atoms with E-state index < -0.39 is 5.97 Å². The van der Waals surface area contributed by atoms with Crippen molar-refractivity contribution in [2.45, 2.75) is 35.5 Å². The van der Waals surface area contributed by atoms with E-state index >= 15 is 0 Å². The number of amides is 2. The Labute approximate surface area is 227 Å². The molecule has 3 heterocycles. The van der Waals surface area contributed by atoms with Crippen LogP contribution in [-0.2, 0) is 14.4 Å². The summed E-state index contributed by atoms with van der Waals surface area (Å²) in [5.74, 6) is -1.59. The molecule has 2 aliphatic carbocycles. The molecule has 7 atom stereocenters. The van der Waals surface area contributed by atoms with Crippen molar-refractivity contribution in [1.82, 2.24) is 9.88 Å². The van der Waals surface area contributed by atoms with E-state index in [0.29, 0.717) is 0 Å². The smallest absolute Gasteiger partial charge is 0.305 e. The van der Waals surface area contributed by atoms with E-state index in [4.69, 9.17) is 5.11 Å². The maximum Gasteiger partial charge on any atom is 0.305 e. The Bertz CT molecular complexity index is 1500. The summed E-state index contributed by atoms with van der Waals surface area (Å²) in [6.45, 7) is 0.171. The zero-order valence-electron chi connectivity index (χ0n) is 20.4. The molecule has 194 valence electrons. The number of fused-ring (bicyclic) bond motifs is 9. The number of aliphatic carboxylic acids is 1. The first-order valence-electron chi connectivity index (χ1n) is 13.0. The highest BCUT2D eigenvalue weighted by Crippen LogP contribution is 2.68. The van der Waals surface area contributed by atoms with Crippen molar-refractivity contribution in [3.63, 3.8) is 0 Å². The molecule has 0 radical (unpaired) electrons. The van der Waals surface area contributed by atoms with Gasteiger partial charge in [0.05, 0.1) is 16.9 Å². The Balaban J connectivity index is 1.24. The predicted molar refractivity (Wildman–Crippen MR) is 144 cm³/mol. The molecule has 2 N–H and O–H groups in total. The quantitative estimate of drug-likeness (QED) is 0.443. The second-order valence-corrected chi connectivity index (χ2v) is 13.0. The van der Waals surface area contributed by atoms with Crippen LogP contribution in [0, 0.1) is 29.6 Å². The van der Waals surface area contributed by atoms with E-state index in [1.54, 1.807) is 11.8 Å². The fourth-order valence-corrected chi connectivity index (χ4v) is 10.5. The van der Waals surface area contributed by atoms with Crippen LogP contribution in [0.15, 0.2) is 64.4 Å². The third kappa shape index (κ3) is 3.55. The van der Waals surface area contributed by atoms with E-state index in [1.165, 1.54) is 16.2 Å². The van der Waals surface area contributed by atoms with Gasteiger partial charge in [0.2, 0.25) is 11.8 Å². The standard InChI is InChI=1S/C29H26N2O5S2/c32-19(33)7-4-12-31-27(34)22-17-13-18(23(22)28(31)35)24-21(17)20(25-26(37-24)30-29(36)38-25)16-10-8-15(9-11-16)14-5-2-1-3-6-14/h1-3,5-6,8-11,17-18,20-24H,4,7,12-13H2,(H,30,36)(H,32,33)/t17?,18?,20-,21?,22?,23?,24?/m1/s1. The molecule has 2 amide bonds. The van der Waals surface area contributed by atoms with Crippen molar-refractivity contribution in [2.24, 2.45) is 29.6 Å². The average molecular weight is 547 g/mol. The molecule has 9 heteroatoms. The highest BCUT2D eigenvalue weighted by molar-refractivity contribution is 8.00. The van der Waals surface area contributed by atoms with Crippen LogP contribution in [0.5, 0.6) is 0 Å². The van der Waals surface area contributed by atoms with Crippen LogP contribution in [-0.4, -0.2) is 44.6 Å². The molecular weight excluding hydrogens is 520 g/mol. The second-order valence-electron chi connectivity index (χ2n) is 10.8. The van der Waals surface area contributed by atoms with Crippen molar-refractivity contribution in [2.75, 3.05) is 6.54 Å². The Morgan fingerprint density at radius 1 is 0.947 bits per heavy atom. The Morgan fingerprint density at radius 3 is 2.34 bits per heavy atom. The number of thioether (sulfide) groups is 1. The maximum absolute atomic E-state index is 13.5. The number of nitrogens with zero attached hydrogens (tertiary/aromatic N) is 1. The van der Waals surface area contributed by atoms with E-state index in [2.05, 4.69) is 41.4 Å². The Hall–Kier alpha value is -3.17. The van der Waals surface area contributed by atoms with Gasteiger partial charge in [0, 0.05) is 29.0 Å². The van der Waals surface area contributed by atoms with Gasteiger partial charge in [-0.2, -0.15) is 0 Å². The number of aromatic amines is 1. The third-order valence-electron chi connectivity index (χ3n) is 8.96. The molecule has 2 aliphatic heterocycles. The molecule has 0 spiro atoms. The van der Waals surface area contributed by atoms with Crippen LogP contribution in [0.1, 0.15) is 35.6 Å². The molecule has 7 rings (SSSR count). The van der Waals surface area contributed by atoms with Gasteiger partial charge in [0.25, 0.3) is 0 Å². The Morgan fingerprint density at radius 2 is 1.63 bits per heavy atom. The van der Waals surface area contributed by atoms with Crippen LogP contribution in [0.2, 0.25) is 0 Å². The van der Waals surface area contributed by atoms with Gasteiger partial charge >= 0.3 is 10.8 Å². The van der Waals surface area contributed by atoms with Gasteiger partial charge in [0.15, 0.2) is 0 Å². The average Bonchev–Trinajstić information content (AvgIpc) is 3.64. The summed E-state index contributed by atoms with van der Waals surface area (Å²) in [6.07, 6.45) is 1.06. The molecule has 3 fully saturated rings. The molecule has 3 aromatic rings. The number of benzene rings is 2. The van der Waals surface area contributed by atoms with Crippen molar-refractivity contribution < 1.29 is 19.5 Å². The largest absolute Gasteiger partial charge is 0.481 e. The molecular formula is C29H26N2O5S2. The first-order valence-corrected chi connectivity index (χ1v) is 14.7. The zero-order valence-corrected chi connectivity index (χ0v) is 22.0. The number of aromatic nitrogens is 1. The van der Waals surface area contributed by atoms with Crippen molar-refractivity contribution in [1.29, 1.82) is 0 Å².